The molecule has 20 heavy (non-hydrogen) atoms. The van der Waals surface area contributed by atoms with Gasteiger partial charge in [-0.3, -0.25) is 0 Å². The Morgan fingerprint density at radius 1 is 0.900 bits per heavy atom. The highest BCUT2D eigenvalue weighted by atomic mass is 35.5. The fourth-order valence-electron chi connectivity index (χ4n) is 1.49. The van der Waals surface area contributed by atoms with Crippen LogP contribution >= 0.6 is 11.6 Å². The van der Waals surface area contributed by atoms with E-state index < -0.39 is 46.6 Å². The van der Waals surface area contributed by atoms with E-state index in [4.69, 9.17) is 11.6 Å². The maximum atomic E-state index is 12.9. The van der Waals surface area contributed by atoms with E-state index in [1.165, 1.54) is 0 Å². The van der Waals surface area contributed by atoms with Gasteiger partial charge in [0.15, 0.2) is 17.6 Å². The van der Waals surface area contributed by atoms with Crippen molar-refractivity contribution in [2.75, 3.05) is 0 Å². The second kappa shape index (κ2) is 5.36. The van der Waals surface area contributed by atoms with Gasteiger partial charge in [0.2, 0.25) is 0 Å². The summed E-state index contributed by atoms with van der Waals surface area (Å²) in [7, 11) is 0. The second-order valence-electron chi connectivity index (χ2n) is 3.79. The number of aliphatic hydroxyl groups is 1. The Kier molecular flexibility index (Phi) is 4.55. The predicted octanol–water partition coefficient (Wildman–Crippen LogP) is 4.39. The molecular weight excluding hydrogens is 324 g/mol. The van der Waals surface area contributed by atoms with Crippen molar-refractivity contribution in [3.05, 3.63) is 34.4 Å². The molecule has 0 amide bonds. The van der Waals surface area contributed by atoms with E-state index in [-0.39, 0.29) is 12.1 Å². The Morgan fingerprint density at radius 2 is 1.30 bits per heavy atom. The van der Waals surface area contributed by atoms with Gasteiger partial charge in [-0.2, -0.15) is 26.3 Å². The Labute approximate surface area is 111 Å². The Hall–Kier alpha value is -1.09. The minimum Gasteiger partial charge on any atom is -0.387 e. The molecule has 0 aliphatic rings. The van der Waals surface area contributed by atoms with Gasteiger partial charge >= 0.3 is 12.4 Å². The van der Waals surface area contributed by atoms with Crippen LogP contribution in [0, 0.1) is 17.6 Å². The number of hydrogen-bond donors (Lipinski definition) is 1. The lowest BCUT2D eigenvalue weighted by molar-refractivity contribution is -0.307. The number of hydrogen-bond acceptors (Lipinski definition) is 1. The molecule has 1 unspecified atom stereocenters. The van der Waals surface area contributed by atoms with E-state index >= 15 is 0 Å². The highest BCUT2D eigenvalue weighted by Crippen LogP contribution is 2.47. The Morgan fingerprint density at radius 3 is 1.70 bits per heavy atom. The van der Waals surface area contributed by atoms with Crippen LogP contribution in [-0.4, -0.2) is 17.5 Å². The van der Waals surface area contributed by atoms with Crippen LogP contribution in [0.25, 0.3) is 0 Å². The summed E-state index contributed by atoms with van der Waals surface area (Å²) in [6.07, 6.45) is -14.9. The summed E-state index contributed by atoms with van der Waals surface area (Å²) in [6, 6.07) is 0.173. The molecule has 0 bridgehead atoms. The van der Waals surface area contributed by atoms with E-state index in [1.807, 2.05) is 0 Å². The lowest BCUT2D eigenvalue weighted by atomic mass is 9.94. The Balaban J connectivity index is 3.34. The third kappa shape index (κ3) is 3.51. The summed E-state index contributed by atoms with van der Waals surface area (Å²) in [5.41, 5.74) is -1.20. The first-order chi connectivity index (χ1) is 8.85. The maximum Gasteiger partial charge on any atom is 0.403 e. The molecule has 0 aliphatic carbocycles. The number of halogens is 9. The molecule has 1 atom stereocenters. The van der Waals surface area contributed by atoms with Crippen molar-refractivity contribution in [3.8, 4) is 0 Å². The average Bonchev–Trinajstić information content (AvgIpc) is 2.18. The monoisotopic (exact) mass is 328 g/mol. The zero-order chi connectivity index (χ0) is 15.9. The number of aliphatic hydroxyl groups excluding tert-OH is 1. The van der Waals surface area contributed by atoms with E-state index in [0.29, 0.717) is 0 Å². The van der Waals surface area contributed by atoms with Crippen LogP contribution in [0.15, 0.2) is 12.1 Å². The van der Waals surface area contributed by atoms with Gasteiger partial charge in [-0.15, -0.1) is 0 Å². The number of alkyl halides is 6. The third-order valence-electron chi connectivity index (χ3n) is 2.38. The molecule has 0 aliphatic heterocycles. The van der Waals surface area contributed by atoms with E-state index in [0.717, 1.165) is 0 Å². The van der Waals surface area contributed by atoms with Crippen LogP contribution in [0.5, 0.6) is 0 Å². The van der Waals surface area contributed by atoms with Crippen molar-refractivity contribution in [2.24, 2.45) is 5.92 Å². The van der Waals surface area contributed by atoms with Crippen molar-refractivity contribution in [2.45, 2.75) is 18.5 Å². The Bertz CT molecular complexity index is 481. The van der Waals surface area contributed by atoms with Gasteiger partial charge in [0.1, 0.15) is 6.10 Å². The van der Waals surface area contributed by atoms with Gasteiger partial charge in [-0.05, 0) is 12.1 Å². The summed E-state index contributed by atoms with van der Waals surface area (Å²) in [4.78, 5) is 0. The minimum atomic E-state index is -5.84. The van der Waals surface area contributed by atoms with Gasteiger partial charge in [0.05, 0.1) is 0 Å². The van der Waals surface area contributed by atoms with Gasteiger partial charge in [-0.1, -0.05) is 11.6 Å². The summed E-state index contributed by atoms with van der Waals surface area (Å²) < 4.78 is 99.8. The molecule has 1 rings (SSSR count). The van der Waals surface area contributed by atoms with Crippen LogP contribution in [0.1, 0.15) is 11.7 Å². The molecule has 1 aromatic rings. The van der Waals surface area contributed by atoms with E-state index in [9.17, 15) is 40.2 Å². The molecule has 0 radical (unpaired) electrons. The lowest BCUT2D eigenvalue weighted by Crippen LogP contribution is -2.41. The van der Waals surface area contributed by atoms with E-state index in [2.05, 4.69) is 0 Å². The highest BCUT2D eigenvalue weighted by molar-refractivity contribution is 6.31. The topological polar surface area (TPSA) is 20.2 Å². The van der Waals surface area contributed by atoms with Crippen LogP contribution in [0.2, 0.25) is 5.02 Å². The first kappa shape index (κ1) is 17.0. The number of rotatable bonds is 2. The van der Waals surface area contributed by atoms with Gasteiger partial charge in [-0.25, -0.2) is 8.78 Å². The first-order valence-corrected chi connectivity index (χ1v) is 5.19. The fourth-order valence-corrected chi connectivity index (χ4v) is 1.75. The summed E-state index contributed by atoms with van der Waals surface area (Å²) >= 11 is 5.24. The molecule has 1 aromatic carbocycles. The van der Waals surface area contributed by atoms with Crippen LogP contribution in [-0.2, 0) is 0 Å². The SMILES string of the molecule is OC(c1cc(F)c(F)cc1Cl)C(C(F)(F)F)C(F)(F)F. The summed E-state index contributed by atoms with van der Waals surface area (Å²) in [6.45, 7) is 0. The molecule has 114 valence electrons. The van der Waals surface area contributed by atoms with Gasteiger partial charge in [0, 0.05) is 10.6 Å². The van der Waals surface area contributed by atoms with Crippen molar-refractivity contribution in [3.63, 3.8) is 0 Å². The van der Waals surface area contributed by atoms with E-state index in [1.54, 1.807) is 0 Å². The van der Waals surface area contributed by atoms with Crippen molar-refractivity contribution >= 4 is 11.6 Å². The smallest absolute Gasteiger partial charge is 0.387 e. The molecule has 0 heterocycles. The highest BCUT2D eigenvalue weighted by Gasteiger charge is 2.60. The van der Waals surface area contributed by atoms with Crippen molar-refractivity contribution in [1.82, 2.24) is 0 Å². The molecule has 10 heteroatoms. The predicted molar refractivity (Wildman–Crippen MR) is 51.9 cm³/mol. The molecule has 1 nitrogen and oxygen atoms in total. The second-order valence-corrected chi connectivity index (χ2v) is 4.20. The van der Waals surface area contributed by atoms with Crippen molar-refractivity contribution in [1.29, 1.82) is 0 Å². The molecule has 0 saturated heterocycles. The average molecular weight is 329 g/mol. The quantitative estimate of drug-likeness (QED) is 0.630. The van der Waals surface area contributed by atoms with Crippen LogP contribution in [0.4, 0.5) is 35.1 Å². The standard InChI is InChI=1S/C10H5ClF8O/c11-4-2-6(13)5(12)1-3(4)7(20)8(9(14,15)16)10(17,18)19/h1-2,7-8,20H. The first-order valence-electron chi connectivity index (χ1n) is 4.81. The summed E-state index contributed by atoms with van der Waals surface area (Å²) in [5.74, 6) is -7.47. The largest absolute Gasteiger partial charge is 0.403 e. The van der Waals surface area contributed by atoms with Crippen LogP contribution < -0.4 is 0 Å². The number of benzene rings is 1. The van der Waals surface area contributed by atoms with Gasteiger partial charge < -0.3 is 5.11 Å². The summed E-state index contributed by atoms with van der Waals surface area (Å²) in [5, 5.41) is 8.28. The minimum absolute atomic E-state index is 0.00713. The lowest BCUT2D eigenvalue weighted by Gasteiger charge is -2.28. The zero-order valence-electron chi connectivity index (χ0n) is 9.16. The third-order valence-corrected chi connectivity index (χ3v) is 2.71. The fraction of sp³-hybridized carbons (Fsp3) is 0.400. The normalized spacial score (nSPS) is 14.8. The molecule has 0 spiro atoms. The van der Waals surface area contributed by atoms with Crippen molar-refractivity contribution < 1.29 is 40.2 Å². The molecule has 1 N–H and O–H groups in total. The molecule has 0 saturated carbocycles. The zero-order valence-corrected chi connectivity index (χ0v) is 9.91. The van der Waals surface area contributed by atoms with Gasteiger partial charge in [0.25, 0.3) is 0 Å². The maximum absolute atomic E-state index is 12.9. The van der Waals surface area contributed by atoms with Crippen LogP contribution in [0.3, 0.4) is 0 Å². The molecular formula is C10H5ClF8O. The molecule has 0 aromatic heterocycles. The molecule has 0 fully saturated rings.